The molecule has 0 amide bonds. The first-order valence-corrected chi connectivity index (χ1v) is 4.91. The van der Waals surface area contributed by atoms with Crippen LogP contribution in [0, 0.1) is 5.92 Å². The second kappa shape index (κ2) is 8.51. The van der Waals surface area contributed by atoms with Crippen LogP contribution in [0.1, 0.15) is 46.0 Å². The van der Waals surface area contributed by atoms with Crippen LogP contribution < -0.4 is 0 Å². The molecular formula is C11H20O. The highest BCUT2D eigenvalue weighted by Gasteiger charge is 1.89. The minimum Gasteiger partial charge on any atom is -0.303 e. The van der Waals surface area contributed by atoms with E-state index in [1.807, 2.05) is 0 Å². The molecule has 0 aliphatic rings. The third kappa shape index (κ3) is 7.52. The van der Waals surface area contributed by atoms with Crippen LogP contribution in [0.25, 0.3) is 0 Å². The minimum atomic E-state index is 0.705. The summed E-state index contributed by atoms with van der Waals surface area (Å²) in [4.78, 5) is 9.97. The largest absolute Gasteiger partial charge is 0.303 e. The van der Waals surface area contributed by atoms with Crippen LogP contribution in [0.4, 0.5) is 0 Å². The number of hydrogen-bond acceptors (Lipinski definition) is 1. The molecule has 0 saturated carbocycles. The zero-order valence-electron chi connectivity index (χ0n) is 8.25. The van der Waals surface area contributed by atoms with Crippen LogP contribution in [-0.4, -0.2) is 6.29 Å². The molecule has 0 rings (SSSR count). The van der Waals surface area contributed by atoms with Gasteiger partial charge in [0, 0.05) is 6.42 Å². The molecule has 0 aromatic carbocycles. The molecule has 0 aliphatic heterocycles. The highest BCUT2D eigenvalue weighted by Crippen LogP contribution is 2.05. The van der Waals surface area contributed by atoms with Crippen LogP contribution in [0.5, 0.6) is 0 Å². The summed E-state index contributed by atoms with van der Waals surface area (Å²) < 4.78 is 0. The molecule has 0 radical (unpaired) electrons. The molecule has 70 valence electrons. The van der Waals surface area contributed by atoms with Crippen molar-refractivity contribution in [2.24, 2.45) is 5.92 Å². The van der Waals surface area contributed by atoms with E-state index in [0.717, 1.165) is 32.0 Å². The smallest absolute Gasteiger partial charge is 0.119 e. The summed E-state index contributed by atoms with van der Waals surface area (Å²) in [6, 6.07) is 0. The van der Waals surface area contributed by atoms with Gasteiger partial charge in [0.2, 0.25) is 0 Å². The maximum absolute atomic E-state index is 9.97. The van der Waals surface area contributed by atoms with Gasteiger partial charge in [-0.3, -0.25) is 0 Å². The maximum atomic E-state index is 9.97. The number of hydrogen-bond donors (Lipinski definition) is 0. The maximum Gasteiger partial charge on any atom is 0.119 e. The molecule has 1 atom stereocenters. The second-order valence-electron chi connectivity index (χ2n) is 3.26. The second-order valence-corrected chi connectivity index (χ2v) is 3.26. The Labute approximate surface area is 75.9 Å². The fourth-order valence-corrected chi connectivity index (χ4v) is 0.954. The molecule has 12 heavy (non-hydrogen) atoms. The van der Waals surface area contributed by atoms with E-state index >= 15 is 0 Å². The van der Waals surface area contributed by atoms with Crippen molar-refractivity contribution in [3.8, 4) is 0 Å². The average Bonchev–Trinajstić information content (AvgIpc) is 2.10. The van der Waals surface area contributed by atoms with Gasteiger partial charge in [-0.2, -0.15) is 0 Å². The zero-order valence-corrected chi connectivity index (χ0v) is 8.25. The highest BCUT2D eigenvalue weighted by molar-refractivity contribution is 5.48. The Morgan fingerprint density at radius 2 is 1.92 bits per heavy atom. The predicted molar refractivity (Wildman–Crippen MR) is 53.1 cm³/mol. The molecule has 0 aromatic rings. The fourth-order valence-electron chi connectivity index (χ4n) is 0.954. The first-order valence-electron chi connectivity index (χ1n) is 4.91. The lowest BCUT2D eigenvalue weighted by Crippen LogP contribution is -1.84. The van der Waals surface area contributed by atoms with E-state index in [1.165, 1.54) is 6.42 Å². The van der Waals surface area contributed by atoms with Gasteiger partial charge in [0.15, 0.2) is 0 Å². The van der Waals surface area contributed by atoms with Crippen molar-refractivity contribution in [3.63, 3.8) is 0 Å². The molecular weight excluding hydrogens is 148 g/mol. The molecule has 0 bridgehead atoms. The van der Waals surface area contributed by atoms with Crippen molar-refractivity contribution in [1.82, 2.24) is 0 Å². The van der Waals surface area contributed by atoms with E-state index in [2.05, 4.69) is 26.0 Å². The topological polar surface area (TPSA) is 17.1 Å². The van der Waals surface area contributed by atoms with E-state index in [-0.39, 0.29) is 0 Å². The Morgan fingerprint density at radius 1 is 1.25 bits per heavy atom. The van der Waals surface area contributed by atoms with Gasteiger partial charge >= 0.3 is 0 Å². The van der Waals surface area contributed by atoms with E-state index in [0.29, 0.717) is 5.92 Å². The minimum absolute atomic E-state index is 0.705. The summed E-state index contributed by atoms with van der Waals surface area (Å²) in [5.41, 5.74) is 0. The average molecular weight is 168 g/mol. The first kappa shape index (κ1) is 11.4. The lowest BCUT2D eigenvalue weighted by molar-refractivity contribution is -0.107. The summed E-state index contributed by atoms with van der Waals surface area (Å²) in [7, 11) is 0. The molecule has 0 aromatic heterocycles. The van der Waals surface area contributed by atoms with Gasteiger partial charge in [0.25, 0.3) is 0 Å². The third-order valence-electron chi connectivity index (χ3n) is 2.05. The number of allylic oxidation sites excluding steroid dienone is 2. The van der Waals surface area contributed by atoms with E-state index < -0.39 is 0 Å². The molecule has 0 N–H and O–H groups in total. The number of rotatable bonds is 7. The van der Waals surface area contributed by atoms with Crippen molar-refractivity contribution in [3.05, 3.63) is 12.2 Å². The Hall–Kier alpha value is -0.590. The number of carbonyl (C=O) groups excluding carboxylic acids is 1. The van der Waals surface area contributed by atoms with Crippen molar-refractivity contribution in [2.45, 2.75) is 46.0 Å². The summed E-state index contributed by atoms with van der Waals surface area (Å²) in [5, 5.41) is 0. The molecule has 1 unspecified atom stereocenters. The molecule has 1 nitrogen and oxygen atoms in total. The number of aldehydes is 1. The first-order chi connectivity index (χ1) is 5.81. The summed E-state index contributed by atoms with van der Waals surface area (Å²) >= 11 is 0. The van der Waals surface area contributed by atoms with Crippen LogP contribution in [0.3, 0.4) is 0 Å². The summed E-state index contributed by atoms with van der Waals surface area (Å²) in [6.07, 6.45) is 10.7. The Kier molecular flexibility index (Phi) is 8.09. The fraction of sp³-hybridized carbons (Fsp3) is 0.727. The van der Waals surface area contributed by atoms with Crippen LogP contribution in [0.2, 0.25) is 0 Å². The highest BCUT2D eigenvalue weighted by atomic mass is 16.1. The Morgan fingerprint density at radius 3 is 2.50 bits per heavy atom. The van der Waals surface area contributed by atoms with Gasteiger partial charge in [-0.25, -0.2) is 0 Å². The Bertz CT molecular complexity index is 127. The van der Waals surface area contributed by atoms with Crippen LogP contribution in [0.15, 0.2) is 12.2 Å². The summed E-state index contributed by atoms with van der Waals surface area (Å²) in [5.74, 6) is 0.705. The zero-order chi connectivity index (χ0) is 9.23. The van der Waals surface area contributed by atoms with Crippen molar-refractivity contribution >= 4 is 6.29 Å². The SMILES string of the molecule is CCC(C)/C=C/CCCCC=O. The Balaban J connectivity index is 3.18. The lowest BCUT2D eigenvalue weighted by Gasteiger charge is -1.98. The quantitative estimate of drug-likeness (QED) is 0.324. The van der Waals surface area contributed by atoms with Crippen LogP contribution >= 0.6 is 0 Å². The molecule has 1 heteroatoms. The van der Waals surface area contributed by atoms with Crippen molar-refractivity contribution in [2.75, 3.05) is 0 Å². The van der Waals surface area contributed by atoms with Gasteiger partial charge in [0.1, 0.15) is 6.29 Å². The van der Waals surface area contributed by atoms with Gasteiger partial charge in [-0.05, 0) is 25.2 Å². The van der Waals surface area contributed by atoms with E-state index in [9.17, 15) is 4.79 Å². The van der Waals surface area contributed by atoms with Gasteiger partial charge in [0.05, 0.1) is 0 Å². The molecule has 0 saturated heterocycles. The number of unbranched alkanes of at least 4 members (excludes halogenated alkanes) is 3. The molecule has 0 spiro atoms. The van der Waals surface area contributed by atoms with Gasteiger partial charge < -0.3 is 4.79 Å². The van der Waals surface area contributed by atoms with Gasteiger partial charge in [-0.15, -0.1) is 0 Å². The molecule has 0 fully saturated rings. The van der Waals surface area contributed by atoms with Crippen molar-refractivity contribution in [1.29, 1.82) is 0 Å². The molecule has 0 aliphatic carbocycles. The van der Waals surface area contributed by atoms with E-state index in [4.69, 9.17) is 0 Å². The van der Waals surface area contributed by atoms with Gasteiger partial charge in [-0.1, -0.05) is 32.4 Å². The monoisotopic (exact) mass is 168 g/mol. The third-order valence-corrected chi connectivity index (χ3v) is 2.05. The lowest BCUT2D eigenvalue weighted by atomic mass is 10.1. The summed E-state index contributed by atoms with van der Waals surface area (Å²) in [6.45, 7) is 4.42. The van der Waals surface area contributed by atoms with Crippen LogP contribution in [-0.2, 0) is 4.79 Å². The molecule has 0 heterocycles. The number of carbonyl (C=O) groups is 1. The normalized spacial score (nSPS) is 13.5. The van der Waals surface area contributed by atoms with Crippen molar-refractivity contribution < 1.29 is 4.79 Å². The standard InChI is InChI=1S/C11H20O/c1-3-11(2)9-7-5-4-6-8-10-12/h7,9-11H,3-6,8H2,1-2H3/b9-7+. The van der Waals surface area contributed by atoms with E-state index in [1.54, 1.807) is 0 Å². The predicted octanol–water partition coefficient (Wildman–Crippen LogP) is 3.35.